The maximum absolute atomic E-state index is 14.3. The van der Waals surface area contributed by atoms with Gasteiger partial charge in [-0.05, 0) is 30.3 Å². The molecule has 25 heavy (non-hydrogen) atoms. The van der Waals surface area contributed by atoms with Gasteiger partial charge in [-0.3, -0.25) is 4.79 Å². The summed E-state index contributed by atoms with van der Waals surface area (Å²) < 4.78 is 14.3. The summed E-state index contributed by atoms with van der Waals surface area (Å²) >= 11 is 5.91. The number of ketones is 1. The Morgan fingerprint density at radius 1 is 0.920 bits per heavy atom. The monoisotopic (exact) mass is 353 g/mol. The minimum atomic E-state index is -0.477. The van der Waals surface area contributed by atoms with Gasteiger partial charge in [0.15, 0.2) is 5.78 Å². The Balaban J connectivity index is 1.87. The molecule has 0 heterocycles. The average molecular weight is 354 g/mol. The van der Waals surface area contributed by atoms with Crippen LogP contribution in [0.25, 0.3) is 0 Å². The SMILES string of the molecule is O=C(CC(Nc1ccc(Cl)cc1)c1ccccc1F)c1ccccc1. The number of carbonyl (C=O) groups is 1. The van der Waals surface area contributed by atoms with Gasteiger partial charge < -0.3 is 5.32 Å². The Morgan fingerprint density at radius 3 is 2.24 bits per heavy atom. The van der Waals surface area contributed by atoms with Crippen LogP contribution in [0.2, 0.25) is 5.02 Å². The van der Waals surface area contributed by atoms with E-state index in [0.717, 1.165) is 5.69 Å². The van der Waals surface area contributed by atoms with Crippen molar-refractivity contribution >= 4 is 23.1 Å². The summed E-state index contributed by atoms with van der Waals surface area (Å²) in [5.74, 6) is -0.384. The molecule has 0 aliphatic rings. The topological polar surface area (TPSA) is 29.1 Å². The molecular formula is C21H17ClFNO. The molecule has 4 heteroatoms. The quantitative estimate of drug-likeness (QED) is 0.558. The summed E-state index contributed by atoms with van der Waals surface area (Å²) in [4.78, 5) is 12.6. The van der Waals surface area contributed by atoms with E-state index in [1.165, 1.54) is 6.07 Å². The second-order valence-electron chi connectivity index (χ2n) is 5.72. The largest absolute Gasteiger partial charge is 0.378 e. The molecule has 0 aliphatic carbocycles. The highest BCUT2D eigenvalue weighted by atomic mass is 35.5. The first-order chi connectivity index (χ1) is 12.1. The van der Waals surface area contributed by atoms with Crippen molar-refractivity contribution in [2.75, 3.05) is 5.32 Å². The predicted molar refractivity (Wildman–Crippen MR) is 99.6 cm³/mol. The fourth-order valence-electron chi connectivity index (χ4n) is 2.67. The number of hydrogen-bond donors (Lipinski definition) is 1. The van der Waals surface area contributed by atoms with Crippen LogP contribution in [0.4, 0.5) is 10.1 Å². The average Bonchev–Trinajstić information content (AvgIpc) is 2.64. The Labute approximate surface area is 151 Å². The van der Waals surface area contributed by atoms with E-state index in [9.17, 15) is 9.18 Å². The lowest BCUT2D eigenvalue weighted by molar-refractivity contribution is 0.0976. The molecule has 0 saturated carbocycles. The Bertz CT molecular complexity index is 849. The fraction of sp³-hybridized carbons (Fsp3) is 0.0952. The molecule has 2 nitrogen and oxygen atoms in total. The lowest BCUT2D eigenvalue weighted by Crippen LogP contribution is -2.17. The maximum atomic E-state index is 14.3. The van der Waals surface area contributed by atoms with Gasteiger partial charge in [0.2, 0.25) is 0 Å². The molecule has 0 saturated heterocycles. The summed E-state index contributed by atoms with van der Waals surface area (Å²) in [6.45, 7) is 0. The first kappa shape index (κ1) is 17.2. The third-order valence-corrected chi connectivity index (χ3v) is 4.20. The van der Waals surface area contributed by atoms with Gasteiger partial charge in [-0.15, -0.1) is 0 Å². The van der Waals surface area contributed by atoms with Crippen LogP contribution in [-0.2, 0) is 0 Å². The summed E-state index contributed by atoms with van der Waals surface area (Å²) in [6, 6.07) is 22.2. The van der Waals surface area contributed by atoms with Crippen molar-refractivity contribution in [1.82, 2.24) is 0 Å². The molecule has 1 N–H and O–H groups in total. The number of anilines is 1. The van der Waals surface area contributed by atoms with E-state index >= 15 is 0 Å². The van der Waals surface area contributed by atoms with Crippen LogP contribution >= 0.6 is 11.6 Å². The molecule has 3 rings (SSSR count). The zero-order valence-corrected chi connectivity index (χ0v) is 14.2. The smallest absolute Gasteiger partial charge is 0.165 e. The normalized spacial score (nSPS) is 11.8. The number of halogens is 2. The van der Waals surface area contributed by atoms with Crippen molar-refractivity contribution in [1.29, 1.82) is 0 Å². The molecule has 0 aromatic heterocycles. The second kappa shape index (κ2) is 7.95. The highest BCUT2D eigenvalue weighted by Crippen LogP contribution is 2.27. The van der Waals surface area contributed by atoms with Crippen molar-refractivity contribution in [3.8, 4) is 0 Å². The zero-order chi connectivity index (χ0) is 17.6. The molecule has 0 spiro atoms. The molecule has 0 aliphatic heterocycles. The molecule has 0 bridgehead atoms. The number of rotatable bonds is 6. The minimum Gasteiger partial charge on any atom is -0.378 e. The van der Waals surface area contributed by atoms with Gasteiger partial charge in [0.25, 0.3) is 0 Å². The van der Waals surface area contributed by atoms with E-state index in [1.807, 2.05) is 30.3 Å². The van der Waals surface area contributed by atoms with E-state index in [1.54, 1.807) is 42.5 Å². The summed E-state index contributed by atoms with van der Waals surface area (Å²) in [5, 5.41) is 3.86. The second-order valence-corrected chi connectivity index (χ2v) is 6.16. The lowest BCUT2D eigenvalue weighted by atomic mass is 9.97. The van der Waals surface area contributed by atoms with Gasteiger partial charge in [-0.25, -0.2) is 4.39 Å². The molecule has 126 valence electrons. The lowest BCUT2D eigenvalue weighted by Gasteiger charge is -2.20. The van der Waals surface area contributed by atoms with Gasteiger partial charge in [-0.1, -0.05) is 60.1 Å². The van der Waals surface area contributed by atoms with Crippen molar-refractivity contribution in [3.63, 3.8) is 0 Å². The first-order valence-electron chi connectivity index (χ1n) is 7.98. The van der Waals surface area contributed by atoms with Crippen LogP contribution < -0.4 is 5.32 Å². The fourth-order valence-corrected chi connectivity index (χ4v) is 2.80. The van der Waals surface area contributed by atoms with Gasteiger partial charge >= 0.3 is 0 Å². The number of hydrogen-bond acceptors (Lipinski definition) is 2. The third kappa shape index (κ3) is 4.46. The van der Waals surface area contributed by atoms with E-state index in [-0.39, 0.29) is 18.0 Å². The molecule has 0 radical (unpaired) electrons. The van der Waals surface area contributed by atoms with E-state index in [0.29, 0.717) is 16.1 Å². The van der Waals surface area contributed by atoms with E-state index < -0.39 is 6.04 Å². The Morgan fingerprint density at radius 2 is 1.56 bits per heavy atom. The van der Waals surface area contributed by atoms with Gasteiger partial charge in [0, 0.05) is 28.3 Å². The van der Waals surface area contributed by atoms with Gasteiger partial charge in [-0.2, -0.15) is 0 Å². The molecule has 3 aromatic rings. The molecule has 1 atom stereocenters. The maximum Gasteiger partial charge on any atom is 0.165 e. The highest BCUT2D eigenvalue weighted by molar-refractivity contribution is 6.30. The van der Waals surface area contributed by atoms with Gasteiger partial charge in [0.1, 0.15) is 5.82 Å². The first-order valence-corrected chi connectivity index (χ1v) is 8.36. The van der Waals surface area contributed by atoms with Crippen molar-refractivity contribution in [2.24, 2.45) is 0 Å². The zero-order valence-electron chi connectivity index (χ0n) is 13.5. The van der Waals surface area contributed by atoms with E-state index in [4.69, 9.17) is 11.6 Å². The van der Waals surface area contributed by atoms with Crippen LogP contribution in [-0.4, -0.2) is 5.78 Å². The minimum absolute atomic E-state index is 0.0460. The van der Waals surface area contributed by atoms with Crippen molar-refractivity contribution in [3.05, 3.63) is 101 Å². The Kier molecular flexibility index (Phi) is 5.46. The summed E-state index contributed by atoms with van der Waals surface area (Å²) in [5.41, 5.74) is 1.85. The molecule has 1 unspecified atom stereocenters. The van der Waals surface area contributed by atoms with Gasteiger partial charge in [0.05, 0.1) is 6.04 Å². The molecular weight excluding hydrogens is 337 g/mol. The van der Waals surface area contributed by atoms with E-state index in [2.05, 4.69) is 5.32 Å². The number of Topliss-reactive ketones (excluding diaryl/α,β-unsaturated/α-hetero) is 1. The van der Waals surface area contributed by atoms with Crippen LogP contribution in [0.15, 0.2) is 78.9 Å². The van der Waals surface area contributed by atoms with Crippen LogP contribution in [0.5, 0.6) is 0 Å². The third-order valence-electron chi connectivity index (χ3n) is 3.95. The van der Waals surface area contributed by atoms with Crippen LogP contribution in [0, 0.1) is 5.82 Å². The van der Waals surface area contributed by atoms with Crippen molar-refractivity contribution in [2.45, 2.75) is 12.5 Å². The standard InChI is InChI=1S/C21H17ClFNO/c22-16-10-12-17(13-11-16)24-20(18-8-4-5-9-19(18)23)14-21(25)15-6-2-1-3-7-15/h1-13,20,24H,14H2. The number of nitrogens with one attached hydrogen (secondary N) is 1. The molecule has 0 fully saturated rings. The van der Waals surface area contributed by atoms with Crippen LogP contribution in [0.1, 0.15) is 28.4 Å². The summed E-state index contributed by atoms with van der Waals surface area (Å²) in [7, 11) is 0. The molecule has 3 aromatic carbocycles. The molecule has 0 amide bonds. The van der Waals surface area contributed by atoms with Crippen LogP contribution in [0.3, 0.4) is 0 Å². The number of carbonyl (C=O) groups excluding carboxylic acids is 1. The summed E-state index contributed by atoms with van der Waals surface area (Å²) in [6.07, 6.45) is 0.146. The highest BCUT2D eigenvalue weighted by Gasteiger charge is 2.20. The predicted octanol–water partition coefficient (Wildman–Crippen LogP) is 5.91. The van der Waals surface area contributed by atoms with Crippen molar-refractivity contribution < 1.29 is 9.18 Å². The number of benzene rings is 3. The Hall–Kier alpha value is -2.65.